The van der Waals surface area contributed by atoms with Crippen LogP contribution < -0.4 is 11.3 Å². The number of pyridine rings is 2. The number of nitrogens with zero attached hydrogens (tertiary/aromatic N) is 6. The first-order chi connectivity index (χ1) is 20.2. The van der Waals surface area contributed by atoms with E-state index >= 15 is 0 Å². The molecule has 0 radical (unpaired) electrons. The van der Waals surface area contributed by atoms with Crippen molar-refractivity contribution < 1.29 is 14.3 Å². The maximum atomic E-state index is 11.7. The molecule has 0 fully saturated rings. The molecule has 4 aromatic heterocycles. The van der Waals surface area contributed by atoms with E-state index in [0.29, 0.717) is 11.1 Å². The van der Waals surface area contributed by atoms with Crippen molar-refractivity contribution >= 4 is 33.7 Å². The minimum absolute atomic E-state index is 0.322. The van der Waals surface area contributed by atoms with E-state index in [-0.39, 0.29) is 11.9 Å². The van der Waals surface area contributed by atoms with E-state index in [1.807, 2.05) is 75.1 Å². The molecular formula is C31H30N8O3. The number of aromatic nitrogens is 6. The number of ether oxygens (including phenoxy) is 1. The van der Waals surface area contributed by atoms with Crippen LogP contribution in [0.1, 0.15) is 32.1 Å². The van der Waals surface area contributed by atoms with Gasteiger partial charge >= 0.3 is 5.97 Å². The van der Waals surface area contributed by atoms with Gasteiger partial charge in [0, 0.05) is 65.3 Å². The highest BCUT2D eigenvalue weighted by atomic mass is 16.5. The third-order valence-corrected chi connectivity index (χ3v) is 6.86. The summed E-state index contributed by atoms with van der Waals surface area (Å²) in [4.78, 5) is 31.8. The number of rotatable bonds is 4. The van der Waals surface area contributed by atoms with Crippen molar-refractivity contribution in [3.63, 3.8) is 0 Å². The van der Waals surface area contributed by atoms with Gasteiger partial charge in [0.25, 0.3) is 5.91 Å². The number of nitrogens with two attached hydrogens (primary N) is 1. The van der Waals surface area contributed by atoms with Crippen molar-refractivity contribution in [2.24, 2.45) is 19.9 Å². The molecule has 0 aliphatic carbocycles. The molecule has 11 nitrogen and oxygen atoms in total. The Labute approximate surface area is 241 Å². The third-order valence-electron chi connectivity index (χ3n) is 6.86. The van der Waals surface area contributed by atoms with Crippen LogP contribution in [0.25, 0.3) is 44.3 Å². The Morgan fingerprint density at radius 3 is 1.67 bits per heavy atom. The van der Waals surface area contributed by atoms with Gasteiger partial charge in [0.2, 0.25) is 0 Å². The maximum absolute atomic E-state index is 11.7. The number of benzene rings is 2. The van der Waals surface area contributed by atoms with Gasteiger partial charge in [0.15, 0.2) is 0 Å². The van der Waals surface area contributed by atoms with Crippen molar-refractivity contribution in [3.8, 4) is 22.5 Å². The van der Waals surface area contributed by atoms with Gasteiger partial charge in [-0.3, -0.25) is 29.6 Å². The molecule has 0 saturated heterocycles. The molecule has 0 saturated carbocycles. The van der Waals surface area contributed by atoms with E-state index in [2.05, 4.69) is 25.6 Å². The smallest absolute Gasteiger partial charge is 0.337 e. The Balaban J connectivity index is 0.000000168. The molecule has 4 heterocycles. The zero-order chi connectivity index (χ0) is 30.0. The molecule has 11 heteroatoms. The van der Waals surface area contributed by atoms with Gasteiger partial charge in [-0.15, -0.1) is 0 Å². The molecule has 3 N–H and O–H groups in total. The fourth-order valence-corrected chi connectivity index (χ4v) is 4.81. The van der Waals surface area contributed by atoms with Crippen LogP contribution in [0.5, 0.6) is 0 Å². The summed E-state index contributed by atoms with van der Waals surface area (Å²) >= 11 is 0. The Hall–Kier alpha value is -5.42. The lowest BCUT2D eigenvalue weighted by Gasteiger charge is -2.02. The quantitative estimate of drug-likeness (QED) is 0.140. The number of hydrogen-bond donors (Lipinski definition) is 2. The van der Waals surface area contributed by atoms with Crippen molar-refractivity contribution in [1.29, 1.82) is 0 Å². The van der Waals surface area contributed by atoms with Crippen LogP contribution >= 0.6 is 0 Å². The molecule has 6 rings (SSSR count). The van der Waals surface area contributed by atoms with Gasteiger partial charge in [-0.25, -0.2) is 10.6 Å². The van der Waals surface area contributed by atoms with E-state index < -0.39 is 0 Å². The van der Waals surface area contributed by atoms with Crippen LogP contribution in [0.3, 0.4) is 0 Å². The SMILES string of the molecule is COC(=O)c1ccc2c(c1)c(-c1ccnc(C)c1)nn2C.Cc1cc(-c2nn(C)c3ccc(C(=O)NN)cc23)ccn1. The van der Waals surface area contributed by atoms with Gasteiger partial charge in [-0.2, -0.15) is 10.2 Å². The van der Waals surface area contributed by atoms with Crippen molar-refractivity contribution in [2.45, 2.75) is 13.8 Å². The second kappa shape index (κ2) is 11.6. The molecule has 0 aliphatic heterocycles. The summed E-state index contributed by atoms with van der Waals surface area (Å²) in [6.07, 6.45) is 3.51. The summed E-state index contributed by atoms with van der Waals surface area (Å²) in [5.41, 5.74) is 10.5. The lowest BCUT2D eigenvalue weighted by atomic mass is 10.1. The minimum atomic E-state index is -0.349. The molecular weight excluding hydrogens is 532 g/mol. The van der Waals surface area contributed by atoms with E-state index in [1.54, 1.807) is 35.3 Å². The number of amides is 1. The molecule has 42 heavy (non-hydrogen) atoms. The topological polar surface area (TPSA) is 143 Å². The summed E-state index contributed by atoms with van der Waals surface area (Å²) in [6, 6.07) is 18.6. The lowest BCUT2D eigenvalue weighted by molar-refractivity contribution is 0.0600. The highest BCUT2D eigenvalue weighted by molar-refractivity contribution is 6.02. The second-order valence-corrected chi connectivity index (χ2v) is 9.75. The van der Waals surface area contributed by atoms with Gasteiger partial charge < -0.3 is 4.74 Å². The average molecular weight is 563 g/mol. The van der Waals surface area contributed by atoms with Gasteiger partial charge in [0.1, 0.15) is 11.4 Å². The molecule has 0 spiro atoms. The first-order valence-electron chi connectivity index (χ1n) is 13.1. The normalized spacial score (nSPS) is 10.8. The van der Waals surface area contributed by atoms with Crippen LogP contribution in [0.15, 0.2) is 73.1 Å². The van der Waals surface area contributed by atoms with Crippen LogP contribution in [0.2, 0.25) is 0 Å². The highest BCUT2D eigenvalue weighted by Gasteiger charge is 2.15. The van der Waals surface area contributed by atoms with Crippen molar-refractivity contribution in [2.75, 3.05) is 7.11 Å². The number of aryl methyl sites for hydroxylation is 4. The number of nitrogens with one attached hydrogen (secondary N) is 1. The molecule has 6 aromatic rings. The number of carbonyl (C=O) groups excluding carboxylic acids is 2. The Kier molecular flexibility index (Phi) is 7.76. The molecule has 0 bridgehead atoms. The van der Waals surface area contributed by atoms with E-state index in [1.165, 1.54) is 7.11 Å². The minimum Gasteiger partial charge on any atom is -0.465 e. The second-order valence-electron chi connectivity index (χ2n) is 9.75. The van der Waals surface area contributed by atoms with Crippen LogP contribution in [0, 0.1) is 13.8 Å². The summed E-state index contributed by atoms with van der Waals surface area (Å²) in [5, 5.41) is 10.9. The number of esters is 1. The first-order valence-corrected chi connectivity index (χ1v) is 13.1. The predicted molar refractivity (Wildman–Crippen MR) is 160 cm³/mol. The Morgan fingerprint density at radius 2 is 1.21 bits per heavy atom. The lowest BCUT2D eigenvalue weighted by Crippen LogP contribution is -2.29. The highest BCUT2D eigenvalue weighted by Crippen LogP contribution is 2.30. The van der Waals surface area contributed by atoms with Crippen LogP contribution in [0.4, 0.5) is 0 Å². The molecule has 0 aliphatic rings. The van der Waals surface area contributed by atoms with E-state index in [0.717, 1.165) is 55.7 Å². The van der Waals surface area contributed by atoms with E-state index in [9.17, 15) is 9.59 Å². The van der Waals surface area contributed by atoms with Crippen LogP contribution in [-0.4, -0.2) is 48.5 Å². The van der Waals surface area contributed by atoms with Crippen LogP contribution in [-0.2, 0) is 18.8 Å². The molecule has 0 atom stereocenters. The van der Waals surface area contributed by atoms with Crippen molar-refractivity contribution in [3.05, 3.63) is 95.6 Å². The monoisotopic (exact) mass is 562 g/mol. The molecule has 2 aromatic carbocycles. The molecule has 212 valence electrons. The zero-order valence-electron chi connectivity index (χ0n) is 23.9. The van der Waals surface area contributed by atoms with Gasteiger partial charge in [-0.1, -0.05) is 0 Å². The van der Waals surface area contributed by atoms with Gasteiger partial charge in [-0.05, 0) is 74.5 Å². The summed E-state index contributed by atoms with van der Waals surface area (Å²) in [7, 11) is 5.14. The summed E-state index contributed by atoms with van der Waals surface area (Å²) < 4.78 is 8.38. The Morgan fingerprint density at radius 1 is 0.738 bits per heavy atom. The average Bonchev–Trinajstić information content (AvgIpc) is 3.52. The number of carbonyl (C=O) groups is 2. The molecule has 1 amide bonds. The largest absolute Gasteiger partial charge is 0.465 e. The number of methoxy groups -OCH3 is 1. The predicted octanol–water partition coefficient (Wildman–Crippen LogP) is 4.28. The number of hydrogen-bond acceptors (Lipinski definition) is 8. The summed E-state index contributed by atoms with van der Waals surface area (Å²) in [6.45, 7) is 3.87. The number of hydrazine groups is 1. The van der Waals surface area contributed by atoms with Gasteiger partial charge in [0.05, 0.1) is 23.7 Å². The Bertz CT molecular complexity index is 1820. The molecule has 0 unspecified atom stereocenters. The third kappa shape index (κ3) is 5.45. The first kappa shape index (κ1) is 28.1. The fraction of sp³-hybridized carbons (Fsp3) is 0.161. The number of fused-ring (bicyclic) bond motifs is 2. The van der Waals surface area contributed by atoms with E-state index in [4.69, 9.17) is 10.6 Å². The fourth-order valence-electron chi connectivity index (χ4n) is 4.81. The number of nitrogen functional groups attached to an aromatic ring is 1. The van der Waals surface area contributed by atoms with Crippen molar-refractivity contribution in [1.82, 2.24) is 35.0 Å². The maximum Gasteiger partial charge on any atom is 0.337 e. The standard InChI is InChI=1S/C16H15N3O2.C15H15N5O/c1-10-8-11(6-7-17-10)15-13-9-12(16(20)21-3)4-5-14(13)19(2)18-15;1-9-7-10(5-6-17-9)14-12-8-11(15(21)18-16)3-4-13(12)20(2)19-14/h4-9H,1-3H3;3-8H,16H2,1-2H3,(H,18,21). The summed E-state index contributed by atoms with van der Waals surface area (Å²) in [5.74, 6) is 4.52. The zero-order valence-corrected chi connectivity index (χ0v) is 23.9.